The van der Waals surface area contributed by atoms with Crippen LogP contribution in [0.4, 0.5) is 34.1 Å². The van der Waals surface area contributed by atoms with Crippen LogP contribution in [0.15, 0.2) is 164 Å². The van der Waals surface area contributed by atoms with Gasteiger partial charge >= 0.3 is 0 Å². The van der Waals surface area contributed by atoms with Gasteiger partial charge in [0.1, 0.15) is 5.65 Å². The molecule has 0 aliphatic heterocycles. The monoisotopic (exact) mass is 570 g/mol. The van der Waals surface area contributed by atoms with E-state index in [-0.39, 0.29) is 0 Å². The number of fused-ring (bicyclic) bond motifs is 1. The van der Waals surface area contributed by atoms with Gasteiger partial charge in [-0.15, -0.1) is 0 Å². The summed E-state index contributed by atoms with van der Waals surface area (Å²) in [6, 6.07) is 53.3. The fourth-order valence-corrected chi connectivity index (χ4v) is 5.65. The molecular formula is C40H34N4. The minimum Gasteiger partial charge on any atom is -0.311 e. The molecule has 2 aromatic heterocycles. The van der Waals surface area contributed by atoms with Gasteiger partial charge in [-0.05, 0) is 90.3 Å². The van der Waals surface area contributed by atoms with Crippen molar-refractivity contribution in [1.82, 2.24) is 9.38 Å². The topological polar surface area (TPSA) is 23.8 Å². The van der Waals surface area contributed by atoms with Crippen LogP contribution in [-0.4, -0.2) is 9.38 Å². The molecule has 0 unspecified atom stereocenters. The van der Waals surface area contributed by atoms with Gasteiger partial charge in [-0.25, -0.2) is 4.98 Å². The lowest BCUT2D eigenvalue weighted by Gasteiger charge is -2.28. The van der Waals surface area contributed by atoms with Gasteiger partial charge in [0, 0.05) is 52.1 Å². The Morgan fingerprint density at radius 2 is 0.864 bits per heavy atom. The quantitative estimate of drug-likeness (QED) is 0.182. The van der Waals surface area contributed by atoms with Gasteiger partial charge in [-0.1, -0.05) is 86.6 Å². The molecule has 0 bridgehead atoms. The van der Waals surface area contributed by atoms with Crippen LogP contribution in [0.1, 0.15) is 25.3 Å². The lowest BCUT2D eigenvalue weighted by atomic mass is 10.1. The van der Waals surface area contributed by atoms with E-state index in [1.807, 2.05) is 0 Å². The lowest BCUT2D eigenvalue weighted by molar-refractivity contribution is 0.854. The van der Waals surface area contributed by atoms with Crippen LogP contribution < -0.4 is 9.80 Å². The summed E-state index contributed by atoms with van der Waals surface area (Å²) in [5, 5.41) is 0. The van der Waals surface area contributed by atoms with Crippen LogP contribution in [0, 0.1) is 0 Å². The van der Waals surface area contributed by atoms with Gasteiger partial charge < -0.3 is 14.2 Å². The smallest absolute Gasteiger partial charge is 0.137 e. The highest BCUT2D eigenvalue weighted by Crippen LogP contribution is 2.39. The maximum Gasteiger partial charge on any atom is 0.137 e. The molecule has 2 heterocycles. The number of rotatable bonds is 8. The lowest BCUT2D eigenvalue weighted by Crippen LogP contribution is -2.12. The normalized spacial score (nSPS) is 11.2. The third-order valence-electron chi connectivity index (χ3n) is 7.97. The largest absolute Gasteiger partial charge is 0.311 e. The van der Waals surface area contributed by atoms with Crippen LogP contribution in [0.3, 0.4) is 0 Å². The standard InChI is InChI=1S/C40H34N4/c1-30(2)32-20-27-40-41-39(29-42(40)28-32)31-18-21-36(22-19-31)44(35-16-10-5-11-17-35)38-25-23-37(24-26-38)43(33-12-6-3-7-13-33)34-14-8-4-9-15-34/h3-30H,1-2H3. The van der Waals surface area contributed by atoms with Crippen molar-refractivity contribution in [3.63, 3.8) is 0 Å². The number of hydrogen-bond donors (Lipinski definition) is 0. The first-order valence-electron chi connectivity index (χ1n) is 15.1. The summed E-state index contributed by atoms with van der Waals surface area (Å²) in [5.41, 5.74) is 10.9. The first-order valence-corrected chi connectivity index (χ1v) is 15.1. The van der Waals surface area contributed by atoms with Gasteiger partial charge in [0.05, 0.1) is 5.69 Å². The van der Waals surface area contributed by atoms with Crippen molar-refractivity contribution >= 4 is 39.8 Å². The van der Waals surface area contributed by atoms with Crippen LogP contribution in [0.5, 0.6) is 0 Å². The summed E-state index contributed by atoms with van der Waals surface area (Å²) >= 11 is 0. The molecule has 0 aliphatic carbocycles. The Balaban J connectivity index is 1.23. The van der Waals surface area contributed by atoms with E-state index in [4.69, 9.17) is 4.98 Å². The van der Waals surface area contributed by atoms with Crippen molar-refractivity contribution in [3.8, 4) is 11.3 Å². The molecule has 7 rings (SSSR count). The summed E-state index contributed by atoms with van der Waals surface area (Å²) in [7, 11) is 0. The molecule has 0 N–H and O–H groups in total. The third-order valence-corrected chi connectivity index (χ3v) is 7.97. The van der Waals surface area contributed by atoms with Crippen LogP contribution in [0.25, 0.3) is 16.9 Å². The van der Waals surface area contributed by atoms with Gasteiger partial charge in [-0.2, -0.15) is 0 Å². The van der Waals surface area contributed by atoms with E-state index < -0.39 is 0 Å². The first-order chi connectivity index (χ1) is 21.6. The Bertz CT molecular complexity index is 1920. The molecule has 4 nitrogen and oxygen atoms in total. The number of aromatic nitrogens is 2. The molecule has 0 aliphatic rings. The maximum absolute atomic E-state index is 4.90. The maximum atomic E-state index is 4.90. The molecule has 0 saturated carbocycles. The number of nitrogens with zero attached hydrogens (tertiary/aromatic N) is 4. The molecule has 44 heavy (non-hydrogen) atoms. The predicted octanol–water partition coefficient (Wildman–Crippen LogP) is 11.1. The van der Waals surface area contributed by atoms with E-state index in [2.05, 4.69) is 192 Å². The third kappa shape index (κ3) is 5.46. The van der Waals surface area contributed by atoms with E-state index in [0.717, 1.165) is 51.0 Å². The highest BCUT2D eigenvalue weighted by molar-refractivity contribution is 5.81. The molecular weight excluding hydrogens is 536 g/mol. The van der Waals surface area contributed by atoms with Crippen molar-refractivity contribution in [2.45, 2.75) is 19.8 Å². The highest BCUT2D eigenvalue weighted by atomic mass is 15.2. The number of benzene rings is 5. The minimum atomic E-state index is 0.474. The van der Waals surface area contributed by atoms with Crippen molar-refractivity contribution in [1.29, 1.82) is 0 Å². The van der Waals surface area contributed by atoms with E-state index in [9.17, 15) is 0 Å². The Morgan fingerprint density at radius 1 is 0.455 bits per heavy atom. The zero-order chi connectivity index (χ0) is 29.9. The molecule has 0 atom stereocenters. The van der Waals surface area contributed by atoms with Gasteiger partial charge in [0.15, 0.2) is 0 Å². The molecule has 0 radical (unpaired) electrons. The number of para-hydroxylation sites is 3. The second-order valence-corrected chi connectivity index (χ2v) is 11.2. The fourth-order valence-electron chi connectivity index (χ4n) is 5.65. The van der Waals surface area contributed by atoms with Crippen molar-refractivity contribution in [3.05, 3.63) is 170 Å². The summed E-state index contributed by atoms with van der Waals surface area (Å²) in [4.78, 5) is 9.47. The van der Waals surface area contributed by atoms with Crippen LogP contribution in [-0.2, 0) is 0 Å². The van der Waals surface area contributed by atoms with Gasteiger partial charge in [0.25, 0.3) is 0 Å². The average Bonchev–Trinajstić information content (AvgIpc) is 3.51. The Labute approximate surface area is 259 Å². The number of pyridine rings is 1. The zero-order valence-electron chi connectivity index (χ0n) is 25.0. The summed E-state index contributed by atoms with van der Waals surface area (Å²) in [6.45, 7) is 4.43. The molecule has 0 spiro atoms. The minimum absolute atomic E-state index is 0.474. The van der Waals surface area contributed by atoms with Gasteiger partial charge in [-0.3, -0.25) is 0 Å². The average molecular weight is 571 g/mol. The summed E-state index contributed by atoms with van der Waals surface area (Å²) < 4.78 is 2.13. The van der Waals surface area contributed by atoms with Crippen molar-refractivity contribution in [2.24, 2.45) is 0 Å². The Morgan fingerprint density at radius 3 is 1.30 bits per heavy atom. The zero-order valence-corrected chi connectivity index (χ0v) is 25.0. The number of anilines is 6. The first kappa shape index (κ1) is 27.2. The van der Waals surface area contributed by atoms with E-state index >= 15 is 0 Å². The Hall–Kier alpha value is -5.61. The fraction of sp³-hybridized carbons (Fsp3) is 0.0750. The summed E-state index contributed by atoms with van der Waals surface area (Å²) in [6.07, 6.45) is 4.30. The number of hydrogen-bond acceptors (Lipinski definition) is 3. The highest BCUT2D eigenvalue weighted by Gasteiger charge is 2.16. The molecule has 0 saturated heterocycles. The molecule has 0 amide bonds. The molecule has 4 heteroatoms. The van der Waals surface area contributed by atoms with E-state index in [1.165, 1.54) is 5.56 Å². The summed E-state index contributed by atoms with van der Waals surface area (Å²) in [5.74, 6) is 0.474. The van der Waals surface area contributed by atoms with Crippen molar-refractivity contribution in [2.75, 3.05) is 9.80 Å². The van der Waals surface area contributed by atoms with E-state index in [0.29, 0.717) is 5.92 Å². The SMILES string of the molecule is CC(C)c1ccc2nc(-c3ccc(N(c4ccccc4)c4ccc(N(c5ccccc5)c5ccccc5)cc4)cc3)cn2c1. The van der Waals surface area contributed by atoms with Crippen LogP contribution >= 0.6 is 0 Å². The predicted molar refractivity (Wildman–Crippen MR) is 184 cm³/mol. The second kappa shape index (κ2) is 11.9. The van der Waals surface area contributed by atoms with Gasteiger partial charge in [0.2, 0.25) is 0 Å². The molecule has 5 aromatic carbocycles. The Kier molecular flexibility index (Phi) is 7.39. The van der Waals surface area contributed by atoms with Crippen molar-refractivity contribution < 1.29 is 0 Å². The van der Waals surface area contributed by atoms with Crippen LogP contribution in [0.2, 0.25) is 0 Å². The molecule has 0 fully saturated rings. The van der Waals surface area contributed by atoms with E-state index in [1.54, 1.807) is 0 Å². The number of imidazole rings is 1. The molecule has 214 valence electrons. The molecule has 7 aromatic rings. The second-order valence-electron chi connectivity index (χ2n) is 11.2.